The van der Waals surface area contributed by atoms with E-state index in [1.807, 2.05) is 42.5 Å². The molecule has 0 fully saturated rings. The molecular weight excluding hydrogens is 395 g/mol. The van der Waals surface area contributed by atoms with Gasteiger partial charge in [-0.15, -0.1) is 0 Å². The Balaban J connectivity index is 1.52. The van der Waals surface area contributed by atoms with Crippen molar-refractivity contribution in [3.05, 3.63) is 83.2 Å². The molecule has 0 aliphatic carbocycles. The van der Waals surface area contributed by atoms with Crippen molar-refractivity contribution in [2.45, 2.75) is 32.3 Å². The minimum absolute atomic E-state index is 0.0937. The number of carbonyl (C=O) groups is 1. The van der Waals surface area contributed by atoms with Gasteiger partial charge < -0.3 is 14.6 Å². The summed E-state index contributed by atoms with van der Waals surface area (Å²) >= 11 is 0. The molecule has 0 bridgehead atoms. The number of halogens is 1. The maximum absolute atomic E-state index is 14.3. The highest BCUT2D eigenvalue weighted by molar-refractivity contribution is 5.70. The van der Waals surface area contributed by atoms with Gasteiger partial charge in [0.25, 0.3) is 0 Å². The predicted octanol–water partition coefficient (Wildman–Crippen LogP) is 5.83. The molecule has 3 aromatic carbocycles. The second kappa shape index (κ2) is 8.80. The normalized spacial score (nSPS) is 16.2. The van der Waals surface area contributed by atoms with Crippen LogP contribution in [0.15, 0.2) is 60.7 Å². The summed E-state index contributed by atoms with van der Waals surface area (Å²) in [6, 6.07) is 18.4. The zero-order valence-corrected chi connectivity index (χ0v) is 17.6. The van der Waals surface area contributed by atoms with E-state index in [0.717, 1.165) is 40.8 Å². The Bertz CT molecular complexity index is 1090. The average Bonchev–Trinajstić information content (AvgIpc) is 2.79. The second-order valence-electron chi connectivity index (χ2n) is 8.00. The summed E-state index contributed by atoms with van der Waals surface area (Å²) in [4.78, 5) is 11.2. The van der Waals surface area contributed by atoms with Gasteiger partial charge in [0.1, 0.15) is 23.4 Å². The van der Waals surface area contributed by atoms with E-state index >= 15 is 0 Å². The molecule has 0 saturated carbocycles. The average molecular weight is 420 g/mol. The number of methoxy groups -OCH3 is 1. The van der Waals surface area contributed by atoms with Crippen LogP contribution in [-0.4, -0.2) is 18.2 Å². The molecule has 3 aromatic rings. The van der Waals surface area contributed by atoms with Crippen LogP contribution in [0.1, 0.15) is 36.1 Å². The lowest BCUT2D eigenvalue weighted by Crippen LogP contribution is -2.16. The maximum Gasteiger partial charge on any atom is 0.306 e. The van der Waals surface area contributed by atoms with Crippen molar-refractivity contribution < 1.29 is 23.8 Å². The fourth-order valence-electron chi connectivity index (χ4n) is 3.95. The lowest BCUT2D eigenvalue weighted by molar-refractivity contribution is -0.141. The SMILES string of the molecule is COc1ccc(F)c(-c2ccc(C3CCc4ccc(CC(C)C(=O)O)cc4O3)cc2)c1. The Morgan fingerprint density at radius 2 is 1.94 bits per heavy atom. The minimum atomic E-state index is -0.802. The summed E-state index contributed by atoms with van der Waals surface area (Å²) in [6.07, 6.45) is 2.12. The number of carboxylic acid groups (broad SMARTS) is 1. The van der Waals surface area contributed by atoms with Crippen molar-refractivity contribution in [1.29, 1.82) is 0 Å². The Hall–Kier alpha value is -3.34. The van der Waals surface area contributed by atoms with Crippen LogP contribution >= 0.6 is 0 Å². The van der Waals surface area contributed by atoms with Crippen LogP contribution in [0.2, 0.25) is 0 Å². The molecule has 4 rings (SSSR count). The molecular formula is C26H25FO4. The van der Waals surface area contributed by atoms with Gasteiger partial charge in [0, 0.05) is 5.56 Å². The summed E-state index contributed by atoms with van der Waals surface area (Å²) in [6.45, 7) is 1.71. The van der Waals surface area contributed by atoms with Gasteiger partial charge >= 0.3 is 5.97 Å². The van der Waals surface area contributed by atoms with Gasteiger partial charge in [-0.2, -0.15) is 0 Å². The van der Waals surface area contributed by atoms with Crippen molar-refractivity contribution in [2.75, 3.05) is 7.11 Å². The molecule has 0 aromatic heterocycles. The van der Waals surface area contributed by atoms with Crippen LogP contribution < -0.4 is 9.47 Å². The van der Waals surface area contributed by atoms with E-state index in [-0.39, 0.29) is 11.9 Å². The summed E-state index contributed by atoms with van der Waals surface area (Å²) in [7, 11) is 1.56. The van der Waals surface area contributed by atoms with Crippen LogP contribution in [0.5, 0.6) is 11.5 Å². The lowest BCUT2D eigenvalue weighted by Gasteiger charge is -2.27. The maximum atomic E-state index is 14.3. The van der Waals surface area contributed by atoms with Gasteiger partial charge in [0.2, 0.25) is 0 Å². The Kier molecular flexibility index (Phi) is 5.94. The molecule has 0 radical (unpaired) electrons. The third kappa shape index (κ3) is 4.55. The van der Waals surface area contributed by atoms with Crippen LogP contribution in [0.4, 0.5) is 4.39 Å². The number of hydrogen-bond donors (Lipinski definition) is 1. The first-order valence-electron chi connectivity index (χ1n) is 10.4. The first-order chi connectivity index (χ1) is 14.9. The number of ether oxygens (including phenoxy) is 2. The van der Waals surface area contributed by atoms with E-state index in [9.17, 15) is 9.18 Å². The standard InChI is InChI=1S/C26H25FO4/c1-16(26(28)29)13-17-3-4-20-9-12-24(31-25(20)14-17)19-7-5-18(6-8-19)22-15-21(30-2)10-11-23(22)27/h3-8,10-11,14-16,24H,9,12-13H2,1-2H3,(H,28,29). The molecule has 2 atom stereocenters. The molecule has 1 aliphatic heterocycles. The van der Waals surface area contributed by atoms with E-state index in [1.165, 1.54) is 6.07 Å². The van der Waals surface area contributed by atoms with Crippen molar-refractivity contribution in [1.82, 2.24) is 0 Å². The highest BCUT2D eigenvalue weighted by Crippen LogP contribution is 2.37. The fourth-order valence-corrected chi connectivity index (χ4v) is 3.95. The summed E-state index contributed by atoms with van der Waals surface area (Å²) in [5, 5.41) is 9.16. The van der Waals surface area contributed by atoms with E-state index in [0.29, 0.717) is 17.7 Å². The highest BCUT2D eigenvalue weighted by Gasteiger charge is 2.22. The van der Waals surface area contributed by atoms with Crippen LogP contribution in [0.25, 0.3) is 11.1 Å². The Morgan fingerprint density at radius 1 is 1.16 bits per heavy atom. The number of aliphatic carboxylic acids is 1. The summed E-state index contributed by atoms with van der Waals surface area (Å²) < 4.78 is 25.7. The van der Waals surface area contributed by atoms with Crippen molar-refractivity contribution >= 4 is 5.97 Å². The Labute approximate surface area is 181 Å². The third-order valence-corrected chi connectivity index (χ3v) is 5.81. The molecule has 1 heterocycles. The number of aryl methyl sites for hydroxylation is 1. The molecule has 4 nitrogen and oxygen atoms in total. The Morgan fingerprint density at radius 3 is 2.65 bits per heavy atom. The highest BCUT2D eigenvalue weighted by atomic mass is 19.1. The smallest absolute Gasteiger partial charge is 0.306 e. The molecule has 0 amide bonds. The number of fused-ring (bicyclic) bond motifs is 1. The minimum Gasteiger partial charge on any atom is -0.497 e. The molecule has 1 N–H and O–H groups in total. The molecule has 0 spiro atoms. The number of benzene rings is 3. The van der Waals surface area contributed by atoms with Gasteiger partial charge in [0.05, 0.1) is 13.0 Å². The van der Waals surface area contributed by atoms with Crippen molar-refractivity contribution in [3.63, 3.8) is 0 Å². The first-order valence-corrected chi connectivity index (χ1v) is 10.4. The van der Waals surface area contributed by atoms with Gasteiger partial charge in [-0.25, -0.2) is 4.39 Å². The summed E-state index contributed by atoms with van der Waals surface area (Å²) in [5.41, 5.74) is 4.40. The molecule has 1 aliphatic rings. The van der Waals surface area contributed by atoms with E-state index in [2.05, 4.69) is 0 Å². The van der Waals surface area contributed by atoms with Gasteiger partial charge in [-0.1, -0.05) is 43.3 Å². The largest absolute Gasteiger partial charge is 0.497 e. The van der Waals surface area contributed by atoms with E-state index < -0.39 is 11.9 Å². The van der Waals surface area contributed by atoms with Crippen LogP contribution in [-0.2, 0) is 17.6 Å². The second-order valence-corrected chi connectivity index (χ2v) is 8.00. The number of carboxylic acids is 1. The van der Waals surface area contributed by atoms with Gasteiger partial charge in [-0.05, 0) is 65.8 Å². The topological polar surface area (TPSA) is 55.8 Å². The van der Waals surface area contributed by atoms with Crippen LogP contribution in [0, 0.1) is 11.7 Å². The fraction of sp³-hybridized carbons (Fsp3) is 0.269. The quantitative estimate of drug-likeness (QED) is 0.545. The lowest BCUT2D eigenvalue weighted by atomic mass is 9.93. The summed E-state index contributed by atoms with van der Waals surface area (Å²) in [5.74, 6) is -0.111. The van der Waals surface area contributed by atoms with E-state index in [4.69, 9.17) is 14.6 Å². The predicted molar refractivity (Wildman–Crippen MR) is 117 cm³/mol. The van der Waals surface area contributed by atoms with Crippen molar-refractivity contribution in [3.8, 4) is 22.6 Å². The molecule has 160 valence electrons. The molecule has 5 heteroatoms. The van der Waals surface area contributed by atoms with Crippen LogP contribution in [0.3, 0.4) is 0 Å². The third-order valence-electron chi connectivity index (χ3n) is 5.81. The zero-order chi connectivity index (χ0) is 22.0. The van der Waals surface area contributed by atoms with Gasteiger partial charge in [-0.3, -0.25) is 4.79 Å². The zero-order valence-electron chi connectivity index (χ0n) is 17.6. The van der Waals surface area contributed by atoms with Crippen molar-refractivity contribution in [2.24, 2.45) is 5.92 Å². The number of hydrogen-bond acceptors (Lipinski definition) is 3. The molecule has 31 heavy (non-hydrogen) atoms. The monoisotopic (exact) mass is 420 g/mol. The van der Waals surface area contributed by atoms with Gasteiger partial charge in [0.15, 0.2) is 0 Å². The molecule has 2 unspecified atom stereocenters. The van der Waals surface area contributed by atoms with E-state index in [1.54, 1.807) is 26.2 Å². The first kappa shape index (κ1) is 20.9. The molecule has 0 saturated heterocycles. The number of rotatable bonds is 6.